The smallest absolute Gasteiger partial charge is 0.0641 e. The quantitative estimate of drug-likeness (QED) is 0.388. The summed E-state index contributed by atoms with van der Waals surface area (Å²) in [7, 11) is 0. The predicted molar refractivity (Wildman–Crippen MR) is 139 cm³/mol. The summed E-state index contributed by atoms with van der Waals surface area (Å²) < 4.78 is 0. The average molecular weight is 477 g/mol. The van der Waals surface area contributed by atoms with E-state index in [0.717, 1.165) is 51.4 Å². The highest BCUT2D eigenvalue weighted by molar-refractivity contribution is 5.13. The van der Waals surface area contributed by atoms with Gasteiger partial charge in [-0.05, 0) is 138 Å². The van der Waals surface area contributed by atoms with Gasteiger partial charge in [0.1, 0.15) is 0 Å². The Labute approximate surface area is 208 Å². The molecular formula is C30H52O4. The van der Waals surface area contributed by atoms with Gasteiger partial charge in [-0.25, -0.2) is 0 Å². The molecule has 4 N–H and O–H groups in total. The van der Waals surface area contributed by atoms with Gasteiger partial charge in [0.05, 0.1) is 24.4 Å². The summed E-state index contributed by atoms with van der Waals surface area (Å²) >= 11 is 0. The molecule has 0 aromatic rings. The molecule has 4 aliphatic rings. The monoisotopic (exact) mass is 476 g/mol. The van der Waals surface area contributed by atoms with Crippen LogP contribution in [0.25, 0.3) is 0 Å². The van der Waals surface area contributed by atoms with Gasteiger partial charge in [-0.2, -0.15) is 0 Å². The zero-order valence-electron chi connectivity index (χ0n) is 22.7. The van der Waals surface area contributed by atoms with Crippen LogP contribution in [0, 0.1) is 34.5 Å². The van der Waals surface area contributed by atoms with E-state index in [9.17, 15) is 20.4 Å². The molecule has 2 fully saturated rings. The first-order valence-electron chi connectivity index (χ1n) is 13.8. The largest absolute Gasteiger partial charge is 0.392 e. The van der Waals surface area contributed by atoms with Gasteiger partial charge in [0.15, 0.2) is 0 Å². The van der Waals surface area contributed by atoms with Crippen molar-refractivity contribution in [3.63, 3.8) is 0 Å². The molecule has 0 spiro atoms. The Balaban J connectivity index is 0.000000191. The molecule has 4 aliphatic carbocycles. The standard InChI is InChI=1S/2C15H26O2/c2*1-14(2,17)12-7-9-15(3)8-6-11(10-16)4-5-13(12)15/h2*4,12-13,16-17H,5-10H2,1-3H3/t2*12-,13-,15-/m11/s1. The van der Waals surface area contributed by atoms with Gasteiger partial charge >= 0.3 is 0 Å². The molecule has 34 heavy (non-hydrogen) atoms. The number of aliphatic hydroxyl groups is 4. The van der Waals surface area contributed by atoms with E-state index in [1.165, 1.54) is 24.0 Å². The fourth-order valence-electron chi connectivity index (χ4n) is 7.90. The fraction of sp³-hybridized carbons (Fsp3) is 0.867. The van der Waals surface area contributed by atoms with Gasteiger partial charge in [0, 0.05) is 0 Å². The Kier molecular flexibility index (Phi) is 8.50. The SMILES string of the molecule is CC(C)(O)[C@@H]1CC[C@@]2(C)CCC(CO)=CC[C@H]12.CC(C)(O)[C@@H]1CC[C@@]2(C)CCC(CO)=CC[C@H]12. The number of rotatable bonds is 4. The van der Waals surface area contributed by atoms with E-state index >= 15 is 0 Å². The van der Waals surface area contributed by atoms with Crippen LogP contribution in [0.2, 0.25) is 0 Å². The molecule has 0 aromatic heterocycles. The van der Waals surface area contributed by atoms with Crippen molar-refractivity contribution >= 4 is 0 Å². The van der Waals surface area contributed by atoms with E-state index in [0.29, 0.717) is 34.5 Å². The van der Waals surface area contributed by atoms with Gasteiger partial charge < -0.3 is 20.4 Å². The van der Waals surface area contributed by atoms with Crippen LogP contribution in [0.1, 0.15) is 106 Å². The average Bonchev–Trinajstić information content (AvgIpc) is 3.14. The molecule has 196 valence electrons. The molecule has 0 unspecified atom stereocenters. The van der Waals surface area contributed by atoms with Crippen molar-refractivity contribution in [2.24, 2.45) is 34.5 Å². The van der Waals surface area contributed by atoms with Crippen molar-refractivity contribution in [2.75, 3.05) is 13.2 Å². The Morgan fingerprint density at radius 1 is 0.706 bits per heavy atom. The Morgan fingerprint density at radius 3 is 1.35 bits per heavy atom. The molecule has 4 rings (SSSR count). The zero-order chi connectivity index (χ0) is 25.4. The number of hydrogen-bond acceptors (Lipinski definition) is 4. The molecule has 2 saturated carbocycles. The van der Waals surface area contributed by atoms with Crippen LogP contribution in [0.4, 0.5) is 0 Å². The van der Waals surface area contributed by atoms with E-state index in [1.807, 2.05) is 27.7 Å². The van der Waals surface area contributed by atoms with Crippen molar-refractivity contribution < 1.29 is 20.4 Å². The van der Waals surface area contributed by atoms with E-state index in [4.69, 9.17) is 0 Å². The molecule has 4 nitrogen and oxygen atoms in total. The Bertz CT molecular complexity index is 691. The van der Waals surface area contributed by atoms with E-state index in [1.54, 1.807) is 0 Å². The summed E-state index contributed by atoms with van der Waals surface area (Å²) in [5, 5.41) is 39.2. The minimum Gasteiger partial charge on any atom is -0.392 e. The highest BCUT2D eigenvalue weighted by atomic mass is 16.3. The van der Waals surface area contributed by atoms with Crippen LogP contribution < -0.4 is 0 Å². The van der Waals surface area contributed by atoms with Crippen LogP contribution >= 0.6 is 0 Å². The first kappa shape index (κ1) is 27.9. The first-order valence-corrected chi connectivity index (χ1v) is 13.8. The normalized spacial score (nSPS) is 38.5. The van der Waals surface area contributed by atoms with Crippen LogP contribution in [0.3, 0.4) is 0 Å². The molecule has 0 aliphatic heterocycles. The summed E-state index contributed by atoms with van der Waals surface area (Å²) in [5.74, 6) is 1.96. The van der Waals surface area contributed by atoms with Crippen molar-refractivity contribution in [3.8, 4) is 0 Å². The zero-order valence-corrected chi connectivity index (χ0v) is 22.7. The molecule has 0 amide bonds. The van der Waals surface area contributed by atoms with E-state index in [2.05, 4.69) is 26.0 Å². The summed E-state index contributed by atoms with van der Waals surface area (Å²) in [6.45, 7) is 13.0. The second kappa shape index (κ2) is 10.4. The Morgan fingerprint density at radius 2 is 1.06 bits per heavy atom. The topological polar surface area (TPSA) is 80.9 Å². The third kappa shape index (κ3) is 5.99. The lowest BCUT2D eigenvalue weighted by Crippen LogP contribution is -2.37. The number of fused-ring (bicyclic) bond motifs is 2. The molecule has 0 heterocycles. The third-order valence-electron chi connectivity index (χ3n) is 10.4. The maximum Gasteiger partial charge on any atom is 0.0641 e. The fourth-order valence-corrected chi connectivity index (χ4v) is 7.90. The first-order chi connectivity index (χ1) is 15.7. The van der Waals surface area contributed by atoms with Gasteiger partial charge in [-0.15, -0.1) is 0 Å². The van der Waals surface area contributed by atoms with Crippen molar-refractivity contribution in [1.29, 1.82) is 0 Å². The van der Waals surface area contributed by atoms with Gasteiger partial charge in [-0.1, -0.05) is 26.0 Å². The Hall–Kier alpha value is -0.680. The lowest BCUT2D eigenvalue weighted by atomic mass is 9.70. The molecule has 4 heteroatoms. The van der Waals surface area contributed by atoms with Crippen molar-refractivity contribution in [2.45, 2.75) is 117 Å². The summed E-state index contributed by atoms with van der Waals surface area (Å²) in [4.78, 5) is 0. The summed E-state index contributed by atoms with van der Waals surface area (Å²) in [5.41, 5.74) is 1.96. The lowest BCUT2D eigenvalue weighted by molar-refractivity contribution is -0.0142. The molecule has 6 atom stereocenters. The second-order valence-electron chi connectivity index (χ2n) is 13.6. The van der Waals surface area contributed by atoms with Gasteiger partial charge in [0.2, 0.25) is 0 Å². The minimum atomic E-state index is -0.569. The summed E-state index contributed by atoms with van der Waals surface area (Å²) in [6.07, 6.45) is 15.6. The number of allylic oxidation sites excluding steroid dienone is 2. The van der Waals surface area contributed by atoms with Crippen LogP contribution in [0.5, 0.6) is 0 Å². The van der Waals surface area contributed by atoms with Crippen LogP contribution in [-0.2, 0) is 0 Å². The molecule has 0 bridgehead atoms. The number of hydrogen-bond donors (Lipinski definition) is 4. The van der Waals surface area contributed by atoms with E-state index in [-0.39, 0.29) is 13.2 Å². The highest BCUT2D eigenvalue weighted by Crippen LogP contribution is 2.57. The molecule has 0 saturated heterocycles. The van der Waals surface area contributed by atoms with Crippen LogP contribution in [0.15, 0.2) is 23.3 Å². The molecular weight excluding hydrogens is 424 g/mol. The minimum absolute atomic E-state index is 0.204. The van der Waals surface area contributed by atoms with Gasteiger partial charge in [-0.3, -0.25) is 0 Å². The van der Waals surface area contributed by atoms with Crippen LogP contribution in [-0.4, -0.2) is 44.8 Å². The highest BCUT2D eigenvalue weighted by Gasteiger charge is 2.50. The lowest BCUT2D eigenvalue weighted by Gasteiger charge is -2.37. The van der Waals surface area contributed by atoms with Crippen molar-refractivity contribution in [1.82, 2.24) is 0 Å². The van der Waals surface area contributed by atoms with Crippen molar-refractivity contribution in [3.05, 3.63) is 23.3 Å². The number of aliphatic hydroxyl groups excluding tert-OH is 2. The maximum atomic E-state index is 10.3. The third-order valence-corrected chi connectivity index (χ3v) is 10.4. The van der Waals surface area contributed by atoms with E-state index < -0.39 is 11.2 Å². The maximum absolute atomic E-state index is 10.3. The van der Waals surface area contributed by atoms with Gasteiger partial charge in [0.25, 0.3) is 0 Å². The summed E-state index contributed by atoms with van der Waals surface area (Å²) in [6, 6.07) is 0. The predicted octanol–water partition coefficient (Wildman–Crippen LogP) is 5.78. The second-order valence-corrected chi connectivity index (χ2v) is 13.6. The molecule has 0 radical (unpaired) electrons. The molecule has 0 aromatic carbocycles.